The van der Waals surface area contributed by atoms with Crippen LogP contribution in [0, 0.1) is 13.8 Å². The molecular weight excluding hydrogens is 276 g/mol. The maximum Gasteiger partial charge on any atom is 0.117 e. The Bertz CT molecular complexity index is 744. The number of rotatable bonds is 6. The molecule has 2 aromatic heterocycles. The van der Waals surface area contributed by atoms with E-state index in [1.54, 1.807) is 6.26 Å². The zero-order valence-electron chi connectivity index (χ0n) is 13.0. The number of hydrogen-bond donors (Lipinski definition) is 2. The molecule has 1 unspecified atom stereocenters. The summed E-state index contributed by atoms with van der Waals surface area (Å²) in [7, 11) is 0. The predicted octanol–water partition coefficient (Wildman–Crippen LogP) is 3.00. The maximum absolute atomic E-state index is 10.3. The van der Waals surface area contributed by atoms with Gasteiger partial charge >= 0.3 is 0 Å². The lowest BCUT2D eigenvalue weighted by Crippen LogP contribution is -2.30. The normalized spacial score (nSPS) is 12.9. The van der Waals surface area contributed by atoms with Gasteiger partial charge in [-0.15, -0.1) is 0 Å². The van der Waals surface area contributed by atoms with E-state index in [1.807, 2.05) is 18.2 Å². The Morgan fingerprint density at radius 1 is 1.18 bits per heavy atom. The molecule has 4 heteroatoms. The van der Waals surface area contributed by atoms with Crippen LogP contribution in [0.2, 0.25) is 0 Å². The second kappa shape index (κ2) is 6.38. The van der Waals surface area contributed by atoms with Gasteiger partial charge in [-0.3, -0.25) is 0 Å². The average molecular weight is 298 g/mol. The first-order valence-electron chi connectivity index (χ1n) is 7.62. The van der Waals surface area contributed by atoms with Gasteiger partial charge in [0.15, 0.2) is 0 Å². The topological polar surface area (TPSA) is 50.3 Å². The number of aliphatic hydroxyl groups excluding tert-OH is 1. The molecule has 0 bridgehead atoms. The van der Waals surface area contributed by atoms with Crippen molar-refractivity contribution >= 4 is 10.9 Å². The molecule has 0 aliphatic rings. The average Bonchev–Trinajstić information content (AvgIpc) is 3.11. The van der Waals surface area contributed by atoms with Crippen molar-refractivity contribution in [3.63, 3.8) is 0 Å². The van der Waals surface area contributed by atoms with Crippen LogP contribution >= 0.6 is 0 Å². The lowest BCUT2D eigenvalue weighted by atomic mass is 10.2. The molecule has 1 atom stereocenters. The number of aliphatic hydroxyl groups is 1. The van der Waals surface area contributed by atoms with Gasteiger partial charge in [-0.05, 0) is 37.6 Å². The SMILES string of the molecule is Cc1c(C)n(CC(O)CNCc2ccco2)c2ccccc12. The van der Waals surface area contributed by atoms with Gasteiger partial charge in [0, 0.05) is 23.1 Å². The Balaban J connectivity index is 1.66. The van der Waals surface area contributed by atoms with Gasteiger partial charge in [0.1, 0.15) is 5.76 Å². The van der Waals surface area contributed by atoms with E-state index in [4.69, 9.17) is 4.42 Å². The number of aryl methyl sites for hydroxylation is 1. The summed E-state index contributed by atoms with van der Waals surface area (Å²) in [6.07, 6.45) is 1.22. The summed E-state index contributed by atoms with van der Waals surface area (Å²) in [5, 5.41) is 14.8. The third kappa shape index (κ3) is 2.93. The largest absolute Gasteiger partial charge is 0.468 e. The van der Waals surface area contributed by atoms with Crippen LogP contribution in [0.4, 0.5) is 0 Å². The molecule has 0 saturated carbocycles. The zero-order chi connectivity index (χ0) is 15.5. The molecule has 0 radical (unpaired) electrons. The van der Waals surface area contributed by atoms with Crippen molar-refractivity contribution in [2.75, 3.05) is 6.54 Å². The van der Waals surface area contributed by atoms with Crippen LogP contribution < -0.4 is 5.32 Å². The van der Waals surface area contributed by atoms with Crippen LogP contribution in [0.1, 0.15) is 17.0 Å². The first-order valence-corrected chi connectivity index (χ1v) is 7.62. The Morgan fingerprint density at radius 2 is 2.00 bits per heavy atom. The van der Waals surface area contributed by atoms with Gasteiger partial charge in [0.25, 0.3) is 0 Å². The van der Waals surface area contributed by atoms with E-state index >= 15 is 0 Å². The maximum atomic E-state index is 10.3. The van der Waals surface area contributed by atoms with E-state index in [2.05, 4.69) is 41.9 Å². The van der Waals surface area contributed by atoms with Crippen molar-refractivity contribution < 1.29 is 9.52 Å². The molecular formula is C18H22N2O2. The van der Waals surface area contributed by atoms with E-state index < -0.39 is 6.10 Å². The molecule has 116 valence electrons. The summed E-state index contributed by atoms with van der Waals surface area (Å²) < 4.78 is 7.46. The highest BCUT2D eigenvalue weighted by atomic mass is 16.3. The number of aromatic nitrogens is 1. The van der Waals surface area contributed by atoms with Crippen LogP contribution in [-0.4, -0.2) is 22.3 Å². The molecule has 4 nitrogen and oxygen atoms in total. The van der Waals surface area contributed by atoms with Gasteiger partial charge in [0.05, 0.1) is 25.5 Å². The van der Waals surface area contributed by atoms with Crippen LogP contribution in [0.15, 0.2) is 47.1 Å². The highest BCUT2D eigenvalue weighted by molar-refractivity contribution is 5.85. The molecule has 3 aromatic rings. The summed E-state index contributed by atoms with van der Waals surface area (Å²) in [5.74, 6) is 0.880. The Hall–Kier alpha value is -2.04. The van der Waals surface area contributed by atoms with E-state index in [0.717, 1.165) is 5.76 Å². The van der Waals surface area contributed by atoms with Gasteiger partial charge in [-0.25, -0.2) is 0 Å². The number of fused-ring (bicyclic) bond motifs is 1. The lowest BCUT2D eigenvalue weighted by molar-refractivity contribution is 0.151. The van der Waals surface area contributed by atoms with Gasteiger partial charge in [0.2, 0.25) is 0 Å². The molecule has 0 aliphatic carbocycles. The summed E-state index contributed by atoms with van der Waals surface area (Å²) >= 11 is 0. The third-order valence-corrected chi connectivity index (χ3v) is 4.20. The molecule has 0 saturated heterocycles. The highest BCUT2D eigenvalue weighted by Crippen LogP contribution is 2.25. The minimum absolute atomic E-state index is 0.441. The molecule has 0 fully saturated rings. The monoisotopic (exact) mass is 298 g/mol. The zero-order valence-corrected chi connectivity index (χ0v) is 13.0. The number of hydrogen-bond acceptors (Lipinski definition) is 3. The third-order valence-electron chi connectivity index (χ3n) is 4.20. The van der Waals surface area contributed by atoms with Crippen LogP contribution in [0.25, 0.3) is 10.9 Å². The number of para-hydroxylation sites is 1. The van der Waals surface area contributed by atoms with Crippen molar-refractivity contribution in [3.8, 4) is 0 Å². The highest BCUT2D eigenvalue weighted by Gasteiger charge is 2.13. The van der Waals surface area contributed by atoms with Crippen molar-refractivity contribution in [1.29, 1.82) is 0 Å². The summed E-state index contributed by atoms with van der Waals surface area (Å²) in [5.41, 5.74) is 3.68. The molecule has 1 aromatic carbocycles. The van der Waals surface area contributed by atoms with E-state index in [1.165, 1.54) is 22.2 Å². The summed E-state index contributed by atoms with van der Waals surface area (Å²) in [6.45, 7) is 6.00. The summed E-state index contributed by atoms with van der Waals surface area (Å²) in [6, 6.07) is 12.1. The quantitative estimate of drug-likeness (QED) is 0.735. The summed E-state index contributed by atoms with van der Waals surface area (Å²) in [4.78, 5) is 0. The fraction of sp³-hybridized carbons (Fsp3) is 0.333. The number of nitrogens with zero attached hydrogens (tertiary/aromatic N) is 1. The standard InChI is InChI=1S/C18H22N2O2/c1-13-14(2)20(18-8-4-3-7-17(13)18)12-15(21)10-19-11-16-6-5-9-22-16/h3-9,15,19,21H,10-12H2,1-2H3. The molecule has 2 N–H and O–H groups in total. The minimum atomic E-state index is -0.441. The van der Waals surface area contributed by atoms with Gasteiger partial charge in [-0.1, -0.05) is 18.2 Å². The predicted molar refractivity (Wildman–Crippen MR) is 87.8 cm³/mol. The number of benzene rings is 1. The second-order valence-corrected chi connectivity index (χ2v) is 5.70. The van der Waals surface area contributed by atoms with Crippen molar-refractivity contribution in [2.45, 2.75) is 33.0 Å². The first kappa shape index (κ1) is 14.9. The smallest absolute Gasteiger partial charge is 0.117 e. The molecule has 0 aliphatic heterocycles. The fourth-order valence-electron chi connectivity index (χ4n) is 2.89. The van der Waals surface area contributed by atoms with E-state index in [-0.39, 0.29) is 0 Å². The van der Waals surface area contributed by atoms with Crippen LogP contribution in [-0.2, 0) is 13.1 Å². The Labute approximate surface area is 130 Å². The van der Waals surface area contributed by atoms with Crippen LogP contribution in [0.5, 0.6) is 0 Å². The number of furan rings is 1. The number of nitrogens with one attached hydrogen (secondary N) is 1. The Morgan fingerprint density at radius 3 is 2.77 bits per heavy atom. The molecule has 0 amide bonds. The fourth-order valence-corrected chi connectivity index (χ4v) is 2.89. The van der Waals surface area contributed by atoms with Crippen molar-refractivity contribution in [1.82, 2.24) is 9.88 Å². The van der Waals surface area contributed by atoms with Gasteiger partial charge < -0.3 is 19.4 Å². The van der Waals surface area contributed by atoms with E-state index in [0.29, 0.717) is 19.6 Å². The van der Waals surface area contributed by atoms with Crippen molar-refractivity contribution in [2.24, 2.45) is 0 Å². The van der Waals surface area contributed by atoms with Crippen LogP contribution in [0.3, 0.4) is 0 Å². The lowest BCUT2D eigenvalue weighted by Gasteiger charge is -2.15. The molecule has 22 heavy (non-hydrogen) atoms. The molecule has 2 heterocycles. The Kier molecular flexibility index (Phi) is 4.32. The van der Waals surface area contributed by atoms with E-state index in [9.17, 15) is 5.11 Å². The molecule has 0 spiro atoms. The minimum Gasteiger partial charge on any atom is -0.468 e. The molecule has 3 rings (SSSR count). The van der Waals surface area contributed by atoms with Gasteiger partial charge in [-0.2, -0.15) is 0 Å². The second-order valence-electron chi connectivity index (χ2n) is 5.70. The first-order chi connectivity index (χ1) is 10.7. The van der Waals surface area contributed by atoms with Crippen molar-refractivity contribution in [3.05, 3.63) is 59.7 Å².